The first-order chi connectivity index (χ1) is 13.0. The zero-order valence-corrected chi connectivity index (χ0v) is 16.2. The third kappa shape index (κ3) is 3.46. The molecule has 0 bridgehead atoms. The van der Waals surface area contributed by atoms with Gasteiger partial charge in [-0.15, -0.1) is 21.5 Å². The Bertz CT molecular complexity index is 1120. The van der Waals surface area contributed by atoms with Crippen molar-refractivity contribution in [3.8, 4) is 11.5 Å². The molecule has 136 valence electrons. The summed E-state index contributed by atoms with van der Waals surface area (Å²) in [6.45, 7) is 3.69. The van der Waals surface area contributed by atoms with E-state index in [4.69, 9.17) is 20.8 Å². The lowest BCUT2D eigenvalue weighted by molar-refractivity contribution is 0.0286. The zero-order chi connectivity index (χ0) is 19.0. The molecule has 4 rings (SSSR count). The predicted octanol–water partition coefficient (Wildman–Crippen LogP) is 5.83. The Morgan fingerprint density at radius 3 is 2.63 bits per heavy atom. The Hall–Kier alpha value is -2.70. The quantitative estimate of drug-likeness (QED) is 0.404. The molecule has 0 fully saturated rings. The van der Waals surface area contributed by atoms with E-state index in [2.05, 4.69) is 10.2 Å². The number of carbonyl (C=O) groups is 1. The monoisotopic (exact) mass is 398 g/mol. The van der Waals surface area contributed by atoms with E-state index < -0.39 is 12.1 Å². The van der Waals surface area contributed by atoms with Crippen molar-refractivity contribution >= 4 is 39.0 Å². The van der Waals surface area contributed by atoms with Gasteiger partial charge in [0.2, 0.25) is 5.89 Å². The van der Waals surface area contributed by atoms with Crippen LogP contribution in [-0.4, -0.2) is 16.2 Å². The van der Waals surface area contributed by atoms with Crippen molar-refractivity contribution in [1.29, 1.82) is 0 Å². The molecule has 27 heavy (non-hydrogen) atoms. The Morgan fingerprint density at radius 1 is 1.15 bits per heavy atom. The number of esters is 1. The minimum Gasteiger partial charge on any atom is -0.448 e. The second-order valence-electron chi connectivity index (χ2n) is 6.10. The summed E-state index contributed by atoms with van der Waals surface area (Å²) in [6, 6.07) is 15.3. The number of aromatic nitrogens is 2. The van der Waals surface area contributed by atoms with E-state index in [9.17, 15) is 4.79 Å². The molecule has 0 spiro atoms. The second kappa shape index (κ2) is 7.13. The minimum atomic E-state index is -0.689. The molecule has 0 unspecified atom stereocenters. The fourth-order valence-corrected chi connectivity index (χ4v) is 4.01. The molecule has 2 aromatic heterocycles. The number of benzene rings is 2. The molecular weight excluding hydrogens is 384 g/mol. The van der Waals surface area contributed by atoms with Gasteiger partial charge in [0.15, 0.2) is 6.10 Å². The van der Waals surface area contributed by atoms with Gasteiger partial charge in [0, 0.05) is 15.6 Å². The van der Waals surface area contributed by atoms with E-state index in [1.54, 1.807) is 6.92 Å². The van der Waals surface area contributed by atoms with E-state index in [1.165, 1.54) is 11.3 Å². The number of thiophene rings is 1. The maximum atomic E-state index is 12.5. The Labute approximate surface area is 164 Å². The molecule has 0 aliphatic rings. The second-order valence-corrected chi connectivity index (χ2v) is 7.53. The highest BCUT2D eigenvalue weighted by atomic mass is 35.5. The van der Waals surface area contributed by atoms with Crippen molar-refractivity contribution in [2.24, 2.45) is 0 Å². The van der Waals surface area contributed by atoms with Crippen LogP contribution in [0.2, 0.25) is 5.02 Å². The average Bonchev–Trinajstić information content (AvgIpc) is 3.28. The maximum absolute atomic E-state index is 12.5. The molecule has 0 amide bonds. The maximum Gasteiger partial charge on any atom is 0.350 e. The van der Waals surface area contributed by atoms with Gasteiger partial charge < -0.3 is 9.15 Å². The fraction of sp³-hybridized carbons (Fsp3) is 0.150. The van der Waals surface area contributed by atoms with E-state index in [0.29, 0.717) is 15.8 Å². The minimum absolute atomic E-state index is 0.233. The van der Waals surface area contributed by atoms with Gasteiger partial charge in [-0.3, -0.25) is 0 Å². The van der Waals surface area contributed by atoms with E-state index in [0.717, 1.165) is 21.2 Å². The molecule has 0 aliphatic carbocycles. The highest BCUT2D eigenvalue weighted by Gasteiger charge is 2.24. The molecular formula is C20H15ClN2O3S. The molecule has 7 heteroatoms. The Morgan fingerprint density at radius 2 is 1.89 bits per heavy atom. The number of fused-ring (bicyclic) bond motifs is 1. The van der Waals surface area contributed by atoms with Crippen LogP contribution in [0.3, 0.4) is 0 Å². The molecule has 0 radical (unpaired) electrons. The molecule has 0 aliphatic heterocycles. The zero-order valence-electron chi connectivity index (χ0n) is 14.6. The number of rotatable bonds is 4. The smallest absolute Gasteiger partial charge is 0.350 e. The van der Waals surface area contributed by atoms with Crippen LogP contribution in [0.4, 0.5) is 0 Å². The largest absolute Gasteiger partial charge is 0.448 e. The Balaban J connectivity index is 1.53. The number of ether oxygens (including phenoxy) is 1. The molecule has 0 N–H and O–H groups in total. The SMILES string of the molecule is Cc1ccc(-c2nnc([C@H](C)OC(=O)c3sc4ccccc4c3Cl)o2)cc1. The number of halogens is 1. The van der Waals surface area contributed by atoms with Gasteiger partial charge in [0.05, 0.1) is 5.02 Å². The van der Waals surface area contributed by atoms with Crippen LogP contribution in [0.5, 0.6) is 0 Å². The summed E-state index contributed by atoms with van der Waals surface area (Å²) < 4.78 is 12.1. The summed E-state index contributed by atoms with van der Waals surface area (Å²) in [4.78, 5) is 12.9. The van der Waals surface area contributed by atoms with Crippen LogP contribution in [0.1, 0.15) is 34.2 Å². The van der Waals surface area contributed by atoms with Crippen LogP contribution in [0, 0.1) is 6.92 Å². The van der Waals surface area contributed by atoms with Crippen molar-refractivity contribution < 1.29 is 13.9 Å². The highest BCUT2D eigenvalue weighted by molar-refractivity contribution is 7.21. The first kappa shape index (κ1) is 17.7. The van der Waals surface area contributed by atoms with Crippen LogP contribution in [-0.2, 0) is 4.74 Å². The van der Waals surface area contributed by atoms with Crippen LogP contribution < -0.4 is 0 Å². The standard InChI is InChI=1S/C20H15ClN2O3S/c1-11-7-9-13(10-8-11)19-23-22-18(26-19)12(2)25-20(24)17-16(21)14-5-3-4-6-15(14)27-17/h3-10,12H,1-2H3/t12-/m0/s1. The molecule has 0 saturated carbocycles. The van der Waals surface area contributed by atoms with Crippen molar-refractivity contribution in [3.63, 3.8) is 0 Å². The van der Waals surface area contributed by atoms with Crippen molar-refractivity contribution in [3.05, 3.63) is 69.9 Å². The summed E-state index contributed by atoms with van der Waals surface area (Å²) in [5, 5.41) is 9.28. The first-order valence-electron chi connectivity index (χ1n) is 8.31. The summed E-state index contributed by atoms with van der Waals surface area (Å²) >= 11 is 7.64. The molecule has 1 atom stereocenters. The third-order valence-electron chi connectivity index (χ3n) is 4.09. The molecule has 5 nitrogen and oxygen atoms in total. The lowest BCUT2D eigenvalue weighted by Gasteiger charge is -2.08. The average molecular weight is 399 g/mol. The van der Waals surface area contributed by atoms with Crippen molar-refractivity contribution in [2.75, 3.05) is 0 Å². The third-order valence-corrected chi connectivity index (χ3v) is 5.75. The number of hydrogen-bond donors (Lipinski definition) is 0. The van der Waals surface area contributed by atoms with Gasteiger partial charge in [-0.25, -0.2) is 4.79 Å². The van der Waals surface area contributed by atoms with E-state index in [-0.39, 0.29) is 5.89 Å². The molecule has 0 saturated heterocycles. The normalized spacial score (nSPS) is 12.3. The summed E-state index contributed by atoms with van der Waals surface area (Å²) in [5.74, 6) is 0.104. The van der Waals surface area contributed by atoms with Crippen molar-refractivity contribution in [2.45, 2.75) is 20.0 Å². The van der Waals surface area contributed by atoms with Gasteiger partial charge in [-0.2, -0.15) is 0 Å². The fourth-order valence-electron chi connectivity index (χ4n) is 2.62. The number of nitrogens with zero attached hydrogens (tertiary/aromatic N) is 2. The number of hydrogen-bond acceptors (Lipinski definition) is 6. The van der Waals surface area contributed by atoms with Crippen LogP contribution in [0.25, 0.3) is 21.5 Å². The van der Waals surface area contributed by atoms with E-state index in [1.807, 2.05) is 55.5 Å². The topological polar surface area (TPSA) is 65.2 Å². The molecule has 4 aromatic rings. The highest BCUT2D eigenvalue weighted by Crippen LogP contribution is 2.36. The Kier molecular flexibility index (Phi) is 4.68. The predicted molar refractivity (Wildman–Crippen MR) is 105 cm³/mol. The van der Waals surface area contributed by atoms with Gasteiger partial charge in [0.1, 0.15) is 4.88 Å². The lowest BCUT2D eigenvalue weighted by atomic mass is 10.1. The number of carbonyl (C=O) groups excluding carboxylic acids is 1. The molecule has 2 aromatic carbocycles. The van der Waals surface area contributed by atoms with Gasteiger partial charge in [-0.1, -0.05) is 47.5 Å². The van der Waals surface area contributed by atoms with Crippen LogP contribution in [0.15, 0.2) is 52.9 Å². The summed E-state index contributed by atoms with van der Waals surface area (Å²) in [6.07, 6.45) is -0.689. The van der Waals surface area contributed by atoms with E-state index >= 15 is 0 Å². The first-order valence-corrected chi connectivity index (χ1v) is 9.51. The van der Waals surface area contributed by atoms with Gasteiger partial charge in [0.25, 0.3) is 5.89 Å². The van der Waals surface area contributed by atoms with Crippen LogP contribution >= 0.6 is 22.9 Å². The number of aryl methyl sites for hydroxylation is 1. The summed E-state index contributed by atoms with van der Waals surface area (Å²) in [7, 11) is 0. The lowest BCUT2D eigenvalue weighted by Crippen LogP contribution is -2.08. The summed E-state index contributed by atoms with van der Waals surface area (Å²) in [5.41, 5.74) is 1.95. The van der Waals surface area contributed by atoms with Gasteiger partial charge >= 0.3 is 5.97 Å². The van der Waals surface area contributed by atoms with Gasteiger partial charge in [-0.05, 0) is 32.0 Å². The van der Waals surface area contributed by atoms with Crippen molar-refractivity contribution in [1.82, 2.24) is 10.2 Å². The molecule has 2 heterocycles.